The predicted octanol–water partition coefficient (Wildman–Crippen LogP) is 5.91. The maximum Gasteiger partial charge on any atom is 0.311 e. The monoisotopic (exact) mass is 328 g/mol. The van der Waals surface area contributed by atoms with Gasteiger partial charge in [0.25, 0.3) is 7.37 Å². The highest BCUT2D eigenvalue weighted by Gasteiger charge is 2.45. The van der Waals surface area contributed by atoms with E-state index in [9.17, 15) is 9.36 Å². The minimum absolute atomic E-state index is 0.110. The van der Waals surface area contributed by atoms with Crippen molar-refractivity contribution >= 4 is 13.3 Å². The van der Waals surface area contributed by atoms with Crippen LogP contribution in [-0.4, -0.2) is 17.3 Å². The van der Waals surface area contributed by atoms with Crippen LogP contribution in [0.3, 0.4) is 0 Å². The van der Waals surface area contributed by atoms with Gasteiger partial charge in [0.2, 0.25) is 0 Å². The molecule has 2 rings (SSSR count). The van der Waals surface area contributed by atoms with Gasteiger partial charge >= 0.3 is 5.97 Å². The molecule has 0 unspecified atom stereocenters. The zero-order valence-corrected chi connectivity index (χ0v) is 15.5. The smallest absolute Gasteiger partial charge is 0.311 e. The minimum Gasteiger partial charge on any atom is -0.411 e. The number of rotatable bonds is 4. The fourth-order valence-corrected chi connectivity index (χ4v) is 7.40. The molecule has 0 bridgehead atoms. The molecule has 3 nitrogen and oxygen atoms in total. The first-order chi connectivity index (χ1) is 10.3. The van der Waals surface area contributed by atoms with E-state index < -0.39 is 7.37 Å². The van der Waals surface area contributed by atoms with Crippen LogP contribution in [0.25, 0.3) is 0 Å². The lowest BCUT2D eigenvalue weighted by molar-refractivity contribution is -0.136. The first-order valence-corrected chi connectivity index (χ1v) is 10.9. The molecule has 0 aromatic heterocycles. The lowest BCUT2D eigenvalue weighted by Crippen LogP contribution is -2.27. The van der Waals surface area contributed by atoms with Crippen molar-refractivity contribution in [1.29, 1.82) is 0 Å². The third kappa shape index (κ3) is 4.85. The molecular formula is C18H33O3P. The summed E-state index contributed by atoms with van der Waals surface area (Å²) in [5.41, 5.74) is 0.155. The SMILES string of the molecule is CC(C)(C)CC(=O)OP(=O)(C1CCCCC1)C1CCCCC1. The molecule has 0 aliphatic heterocycles. The van der Waals surface area contributed by atoms with E-state index in [1.807, 2.05) is 20.8 Å². The molecule has 128 valence electrons. The molecule has 0 aromatic rings. The molecule has 0 radical (unpaired) electrons. The molecule has 0 aromatic carbocycles. The topological polar surface area (TPSA) is 43.4 Å². The summed E-state index contributed by atoms with van der Waals surface area (Å²) in [6.07, 6.45) is 11.3. The van der Waals surface area contributed by atoms with E-state index in [1.165, 1.54) is 12.8 Å². The predicted molar refractivity (Wildman–Crippen MR) is 91.5 cm³/mol. The number of carbonyl (C=O) groups is 1. The van der Waals surface area contributed by atoms with Crippen molar-refractivity contribution in [3.63, 3.8) is 0 Å². The summed E-state index contributed by atoms with van der Waals surface area (Å²) in [7, 11) is -2.86. The van der Waals surface area contributed by atoms with Crippen molar-refractivity contribution < 1.29 is 13.9 Å². The Labute approximate surface area is 136 Å². The van der Waals surface area contributed by atoms with Gasteiger partial charge in [0, 0.05) is 11.3 Å². The fourth-order valence-electron chi connectivity index (χ4n) is 3.95. The summed E-state index contributed by atoms with van der Waals surface area (Å²) in [6, 6.07) is 0. The third-order valence-electron chi connectivity index (χ3n) is 5.09. The van der Waals surface area contributed by atoms with E-state index in [-0.39, 0.29) is 22.7 Å². The highest BCUT2D eigenvalue weighted by Crippen LogP contribution is 2.63. The summed E-state index contributed by atoms with van der Waals surface area (Å²) in [5.74, 6) is -0.244. The van der Waals surface area contributed by atoms with Crippen molar-refractivity contribution in [2.45, 2.75) is 103 Å². The lowest BCUT2D eigenvalue weighted by Gasteiger charge is -2.37. The van der Waals surface area contributed by atoms with E-state index in [0.717, 1.165) is 51.4 Å². The minimum atomic E-state index is -2.86. The average Bonchev–Trinajstić information content (AvgIpc) is 2.47. The Morgan fingerprint density at radius 2 is 1.32 bits per heavy atom. The Bertz CT molecular complexity index is 391. The zero-order valence-electron chi connectivity index (χ0n) is 14.6. The van der Waals surface area contributed by atoms with Crippen molar-refractivity contribution in [3.05, 3.63) is 0 Å². The van der Waals surface area contributed by atoms with Crippen LogP contribution in [0.1, 0.15) is 91.4 Å². The van der Waals surface area contributed by atoms with Crippen LogP contribution < -0.4 is 0 Å². The maximum absolute atomic E-state index is 13.8. The highest BCUT2D eigenvalue weighted by molar-refractivity contribution is 7.61. The second-order valence-electron chi connectivity index (χ2n) is 8.43. The van der Waals surface area contributed by atoms with Crippen LogP contribution in [0.15, 0.2) is 0 Å². The van der Waals surface area contributed by atoms with Crippen LogP contribution in [-0.2, 0) is 13.9 Å². The molecule has 0 N–H and O–H groups in total. The quantitative estimate of drug-likeness (QED) is 0.603. The Morgan fingerprint density at radius 3 is 1.68 bits per heavy atom. The zero-order chi connectivity index (χ0) is 16.2. The van der Waals surface area contributed by atoms with Gasteiger partial charge in [0.15, 0.2) is 0 Å². The number of carbonyl (C=O) groups excluding carboxylic acids is 1. The summed E-state index contributed by atoms with van der Waals surface area (Å²) in [5, 5.41) is 0. The van der Waals surface area contributed by atoms with Gasteiger partial charge in [0.1, 0.15) is 0 Å². The molecule has 0 spiro atoms. The van der Waals surface area contributed by atoms with Crippen molar-refractivity contribution in [2.24, 2.45) is 5.41 Å². The van der Waals surface area contributed by atoms with Gasteiger partial charge in [0.05, 0.1) is 6.42 Å². The molecule has 2 aliphatic rings. The second kappa shape index (κ2) is 7.51. The van der Waals surface area contributed by atoms with Gasteiger partial charge in [-0.3, -0.25) is 9.36 Å². The summed E-state index contributed by atoms with van der Waals surface area (Å²) in [6.45, 7) is 6.08. The van der Waals surface area contributed by atoms with E-state index in [0.29, 0.717) is 6.42 Å². The molecule has 2 saturated carbocycles. The van der Waals surface area contributed by atoms with E-state index in [2.05, 4.69) is 0 Å². The van der Waals surface area contributed by atoms with Crippen LogP contribution in [0.4, 0.5) is 0 Å². The van der Waals surface area contributed by atoms with Crippen molar-refractivity contribution in [1.82, 2.24) is 0 Å². The van der Waals surface area contributed by atoms with Crippen LogP contribution >= 0.6 is 7.37 Å². The van der Waals surface area contributed by atoms with Crippen LogP contribution in [0.5, 0.6) is 0 Å². The van der Waals surface area contributed by atoms with Gasteiger partial charge in [-0.05, 0) is 31.1 Å². The standard InChI is InChI=1S/C18H33O3P/c1-18(2,3)14-17(19)21-22(20,15-10-6-4-7-11-15)16-12-8-5-9-13-16/h15-16H,4-14H2,1-3H3. The van der Waals surface area contributed by atoms with Crippen molar-refractivity contribution in [3.8, 4) is 0 Å². The van der Waals surface area contributed by atoms with Gasteiger partial charge in [-0.1, -0.05) is 59.3 Å². The number of hydrogen-bond donors (Lipinski definition) is 0. The first kappa shape index (κ1) is 18.0. The van der Waals surface area contributed by atoms with E-state index in [4.69, 9.17) is 4.52 Å². The van der Waals surface area contributed by atoms with Gasteiger partial charge in [-0.25, -0.2) is 0 Å². The molecule has 4 heteroatoms. The Hall–Kier alpha value is -0.300. The average molecular weight is 328 g/mol. The Kier molecular flexibility index (Phi) is 6.16. The Balaban J connectivity index is 2.13. The second-order valence-corrected chi connectivity index (χ2v) is 11.4. The molecule has 0 heterocycles. The molecule has 22 heavy (non-hydrogen) atoms. The highest BCUT2D eigenvalue weighted by atomic mass is 31.2. The normalized spacial score (nSPS) is 22.5. The van der Waals surface area contributed by atoms with Gasteiger partial charge < -0.3 is 4.52 Å². The molecule has 0 amide bonds. The van der Waals surface area contributed by atoms with E-state index >= 15 is 0 Å². The molecule has 2 aliphatic carbocycles. The van der Waals surface area contributed by atoms with Crippen molar-refractivity contribution in [2.75, 3.05) is 0 Å². The fraction of sp³-hybridized carbons (Fsp3) is 0.944. The van der Waals surface area contributed by atoms with E-state index in [1.54, 1.807) is 0 Å². The molecule has 0 atom stereocenters. The summed E-state index contributed by atoms with van der Waals surface area (Å²) in [4.78, 5) is 12.4. The van der Waals surface area contributed by atoms with Crippen LogP contribution in [0.2, 0.25) is 0 Å². The van der Waals surface area contributed by atoms with Gasteiger partial charge in [-0.15, -0.1) is 0 Å². The molecule has 2 fully saturated rings. The summed E-state index contributed by atoms with van der Waals surface area (Å²) >= 11 is 0. The largest absolute Gasteiger partial charge is 0.411 e. The number of hydrogen-bond acceptors (Lipinski definition) is 3. The maximum atomic E-state index is 13.8. The summed E-state index contributed by atoms with van der Waals surface area (Å²) < 4.78 is 19.6. The van der Waals surface area contributed by atoms with Gasteiger partial charge in [-0.2, -0.15) is 0 Å². The Morgan fingerprint density at radius 1 is 0.909 bits per heavy atom. The first-order valence-electron chi connectivity index (χ1n) is 9.13. The molecular weight excluding hydrogens is 295 g/mol. The van der Waals surface area contributed by atoms with Crippen LogP contribution in [0, 0.1) is 5.41 Å². The lowest BCUT2D eigenvalue weighted by atomic mass is 9.93. The third-order valence-corrected chi connectivity index (χ3v) is 8.64. The molecule has 0 saturated heterocycles.